The molecule has 0 radical (unpaired) electrons. The highest BCUT2D eigenvalue weighted by atomic mass is 35.5. The van der Waals surface area contributed by atoms with Crippen LogP contribution in [0.4, 0.5) is 24.9 Å². The number of alkyl halides is 3. The fourth-order valence-corrected chi connectivity index (χ4v) is 3.53. The lowest BCUT2D eigenvalue weighted by molar-refractivity contribution is -0.140. The largest absolute Gasteiger partial charge is 0.481 e. The molecule has 1 fully saturated rings. The molecule has 0 saturated carbocycles. The quantitative estimate of drug-likeness (QED) is 0.619. The van der Waals surface area contributed by atoms with E-state index in [-0.39, 0.29) is 17.9 Å². The van der Waals surface area contributed by atoms with Crippen LogP contribution in [0.15, 0.2) is 36.7 Å². The Morgan fingerprint density at radius 3 is 2.52 bits per heavy atom. The monoisotopic (exact) mass is 454 g/mol. The van der Waals surface area contributed by atoms with Crippen molar-refractivity contribution in [3.05, 3.63) is 42.4 Å². The molecule has 11 heteroatoms. The van der Waals surface area contributed by atoms with E-state index in [1.807, 2.05) is 0 Å². The predicted octanol–water partition coefficient (Wildman–Crippen LogP) is 4.20. The summed E-state index contributed by atoms with van der Waals surface area (Å²) >= 11 is 0. The molecule has 1 aliphatic rings. The molecule has 3 aromatic rings. The van der Waals surface area contributed by atoms with Gasteiger partial charge in [-0.2, -0.15) is 18.2 Å². The van der Waals surface area contributed by atoms with Gasteiger partial charge < -0.3 is 15.0 Å². The summed E-state index contributed by atoms with van der Waals surface area (Å²) < 4.78 is 43.8. The standard InChI is InChI=1S/C20H21F3N6O.ClH/c1-30-17-5-9-25-19(28-17)29-10-6-13(7-11-29)12-26-18-14-2-3-16(20(21,22)23)27-15(14)4-8-24-18;/h2-5,8-9,13H,6-7,10-12H2,1H3,(H,24,26);1H. The van der Waals surface area contributed by atoms with E-state index < -0.39 is 11.9 Å². The number of piperidine rings is 1. The van der Waals surface area contributed by atoms with E-state index in [1.54, 1.807) is 19.4 Å². The number of anilines is 2. The first kappa shape index (κ1) is 22.8. The Morgan fingerprint density at radius 1 is 1.06 bits per heavy atom. The molecule has 0 bridgehead atoms. The highest BCUT2D eigenvalue weighted by molar-refractivity contribution is 5.89. The molecule has 0 spiro atoms. The summed E-state index contributed by atoms with van der Waals surface area (Å²) in [5, 5.41) is 3.86. The molecule has 31 heavy (non-hydrogen) atoms. The molecule has 0 aliphatic carbocycles. The number of rotatable bonds is 5. The van der Waals surface area contributed by atoms with Crippen LogP contribution in [0.2, 0.25) is 0 Å². The van der Waals surface area contributed by atoms with Gasteiger partial charge in [-0.3, -0.25) is 0 Å². The Balaban J connectivity index is 0.00000272. The maximum absolute atomic E-state index is 12.9. The first-order valence-electron chi connectivity index (χ1n) is 9.63. The van der Waals surface area contributed by atoms with Crippen molar-refractivity contribution in [2.24, 2.45) is 5.92 Å². The van der Waals surface area contributed by atoms with Gasteiger partial charge in [0.25, 0.3) is 0 Å². The SMILES string of the molecule is COc1ccnc(N2CCC(CNc3nccc4nc(C(F)(F)F)ccc34)CC2)n1.Cl. The maximum atomic E-state index is 12.9. The molecule has 1 aliphatic heterocycles. The van der Waals surface area contributed by atoms with Crippen LogP contribution in [0.1, 0.15) is 18.5 Å². The summed E-state index contributed by atoms with van der Waals surface area (Å²) in [5.74, 6) is 2.15. The van der Waals surface area contributed by atoms with Crippen molar-refractivity contribution < 1.29 is 17.9 Å². The zero-order valence-electron chi connectivity index (χ0n) is 16.8. The number of methoxy groups -OCH3 is 1. The molecule has 4 rings (SSSR count). The van der Waals surface area contributed by atoms with E-state index in [4.69, 9.17) is 4.74 Å². The summed E-state index contributed by atoms with van der Waals surface area (Å²) in [5.41, 5.74) is -0.633. The minimum atomic E-state index is -4.47. The summed E-state index contributed by atoms with van der Waals surface area (Å²) in [6.45, 7) is 2.32. The first-order valence-corrected chi connectivity index (χ1v) is 9.63. The normalized spacial score (nSPS) is 14.9. The van der Waals surface area contributed by atoms with Gasteiger partial charge in [-0.25, -0.2) is 15.0 Å². The minimum absolute atomic E-state index is 0. The molecule has 1 saturated heterocycles. The highest BCUT2D eigenvalue weighted by Gasteiger charge is 2.32. The molecule has 1 N–H and O–H groups in total. The number of hydrogen-bond donors (Lipinski definition) is 1. The first-order chi connectivity index (χ1) is 14.4. The number of halogens is 4. The van der Waals surface area contributed by atoms with Crippen molar-refractivity contribution in [2.45, 2.75) is 19.0 Å². The minimum Gasteiger partial charge on any atom is -0.481 e. The van der Waals surface area contributed by atoms with E-state index >= 15 is 0 Å². The lowest BCUT2D eigenvalue weighted by atomic mass is 9.97. The van der Waals surface area contributed by atoms with Crippen LogP contribution in [0.3, 0.4) is 0 Å². The average molecular weight is 455 g/mol. The third kappa shape index (κ3) is 5.25. The lowest BCUT2D eigenvalue weighted by Crippen LogP contribution is -2.36. The number of hydrogen-bond acceptors (Lipinski definition) is 7. The second-order valence-corrected chi connectivity index (χ2v) is 7.13. The zero-order valence-corrected chi connectivity index (χ0v) is 17.6. The molecule has 0 atom stereocenters. The number of pyridine rings is 2. The van der Waals surface area contributed by atoms with Crippen molar-refractivity contribution in [2.75, 3.05) is 37.0 Å². The Labute approximate surface area is 183 Å². The predicted molar refractivity (Wildman–Crippen MR) is 114 cm³/mol. The smallest absolute Gasteiger partial charge is 0.433 e. The van der Waals surface area contributed by atoms with Gasteiger partial charge in [-0.1, -0.05) is 0 Å². The van der Waals surface area contributed by atoms with Gasteiger partial charge >= 0.3 is 6.18 Å². The van der Waals surface area contributed by atoms with Gasteiger partial charge in [0.1, 0.15) is 11.5 Å². The van der Waals surface area contributed by atoms with Crippen molar-refractivity contribution in [3.8, 4) is 5.88 Å². The van der Waals surface area contributed by atoms with Crippen LogP contribution in [0.5, 0.6) is 5.88 Å². The Hall–Kier alpha value is -2.88. The second kappa shape index (κ2) is 9.51. The van der Waals surface area contributed by atoms with E-state index in [1.165, 1.54) is 18.3 Å². The van der Waals surface area contributed by atoms with Crippen molar-refractivity contribution >= 4 is 35.1 Å². The Morgan fingerprint density at radius 2 is 1.81 bits per heavy atom. The van der Waals surface area contributed by atoms with Gasteiger partial charge in [0.15, 0.2) is 0 Å². The number of ether oxygens (including phenoxy) is 1. The summed E-state index contributed by atoms with van der Waals surface area (Å²) in [6, 6.07) is 5.61. The van der Waals surface area contributed by atoms with E-state index in [0.717, 1.165) is 32.0 Å². The Kier molecular flexibility index (Phi) is 6.99. The van der Waals surface area contributed by atoms with Gasteiger partial charge in [-0.05, 0) is 37.0 Å². The zero-order chi connectivity index (χ0) is 21.1. The average Bonchev–Trinajstić information content (AvgIpc) is 2.77. The summed E-state index contributed by atoms with van der Waals surface area (Å²) in [4.78, 5) is 18.8. The fourth-order valence-electron chi connectivity index (χ4n) is 3.53. The number of nitrogens with one attached hydrogen (secondary N) is 1. The van der Waals surface area contributed by atoms with Crippen LogP contribution in [-0.4, -0.2) is 46.7 Å². The van der Waals surface area contributed by atoms with Gasteiger partial charge in [0.2, 0.25) is 11.8 Å². The number of aromatic nitrogens is 4. The van der Waals surface area contributed by atoms with Crippen LogP contribution >= 0.6 is 12.4 Å². The van der Waals surface area contributed by atoms with Crippen molar-refractivity contribution in [1.29, 1.82) is 0 Å². The summed E-state index contributed by atoms with van der Waals surface area (Å²) in [6.07, 6.45) is 0.564. The van der Waals surface area contributed by atoms with E-state index in [2.05, 4.69) is 30.2 Å². The lowest BCUT2D eigenvalue weighted by Gasteiger charge is -2.32. The van der Waals surface area contributed by atoms with Gasteiger partial charge in [0.05, 0.1) is 12.6 Å². The molecule has 0 aromatic carbocycles. The molecule has 166 valence electrons. The summed E-state index contributed by atoms with van der Waals surface area (Å²) in [7, 11) is 1.57. The van der Waals surface area contributed by atoms with Gasteiger partial charge in [-0.15, -0.1) is 12.4 Å². The maximum Gasteiger partial charge on any atom is 0.433 e. The molecule has 0 amide bonds. The number of nitrogens with zero attached hydrogens (tertiary/aromatic N) is 5. The van der Waals surface area contributed by atoms with Gasteiger partial charge in [0, 0.05) is 43.5 Å². The van der Waals surface area contributed by atoms with Crippen molar-refractivity contribution in [1.82, 2.24) is 19.9 Å². The number of fused-ring (bicyclic) bond motifs is 1. The third-order valence-electron chi connectivity index (χ3n) is 5.19. The van der Waals surface area contributed by atoms with E-state index in [0.29, 0.717) is 35.5 Å². The topological polar surface area (TPSA) is 76.1 Å². The third-order valence-corrected chi connectivity index (χ3v) is 5.19. The molecule has 7 nitrogen and oxygen atoms in total. The van der Waals surface area contributed by atoms with Crippen LogP contribution in [0, 0.1) is 5.92 Å². The second-order valence-electron chi connectivity index (χ2n) is 7.13. The van der Waals surface area contributed by atoms with Crippen molar-refractivity contribution in [3.63, 3.8) is 0 Å². The highest BCUT2D eigenvalue weighted by Crippen LogP contribution is 2.30. The molecule has 0 unspecified atom stereocenters. The fraction of sp³-hybridized carbons (Fsp3) is 0.400. The van der Waals surface area contributed by atoms with Crippen LogP contribution in [-0.2, 0) is 6.18 Å². The molecular formula is C20H22ClF3N6O. The van der Waals surface area contributed by atoms with Crippen LogP contribution < -0.4 is 15.0 Å². The van der Waals surface area contributed by atoms with E-state index in [9.17, 15) is 13.2 Å². The van der Waals surface area contributed by atoms with Crippen LogP contribution in [0.25, 0.3) is 10.9 Å². The molecule has 4 heterocycles. The molecule has 3 aromatic heterocycles. The molecular weight excluding hydrogens is 433 g/mol. The Bertz CT molecular complexity index is 1030.